The fourth-order valence-electron chi connectivity index (χ4n) is 1.22. The van der Waals surface area contributed by atoms with Crippen LogP contribution in [0.3, 0.4) is 0 Å². The SMILES string of the molecule is COC(C)(C)C(NN)c1occc1Br. The summed E-state index contributed by atoms with van der Waals surface area (Å²) in [6, 6.07) is 1.63. The van der Waals surface area contributed by atoms with E-state index in [9.17, 15) is 0 Å². The third-order valence-corrected chi connectivity index (χ3v) is 2.95. The van der Waals surface area contributed by atoms with Gasteiger partial charge in [-0.05, 0) is 35.8 Å². The van der Waals surface area contributed by atoms with E-state index < -0.39 is 5.60 Å². The van der Waals surface area contributed by atoms with Gasteiger partial charge in [-0.1, -0.05) is 0 Å². The highest BCUT2D eigenvalue weighted by molar-refractivity contribution is 9.10. The van der Waals surface area contributed by atoms with Crippen molar-refractivity contribution in [2.24, 2.45) is 5.84 Å². The van der Waals surface area contributed by atoms with Crippen LogP contribution in [0.15, 0.2) is 21.2 Å². The fourth-order valence-corrected chi connectivity index (χ4v) is 1.65. The van der Waals surface area contributed by atoms with Crippen LogP contribution in [-0.4, -0.2) is 12.7 Å². The molecule has 0 spiro atoms. The zero-order chi connectivity index (χ0) is 10.8. The standard InChI is InChI=1S/C9H15BrN2O2/c1-9(2,13-3)8(12-11)7-6(10)4-5-14-7/h4-5,8,12H,11H2,1-3H3. The summed E-state index contributed by atoms with van der Waals surface area (Å²) in [4.78, 5) is 0. The first-order valence-electron chi connectivity index (χ1n) is 4.27. The Morgan fingerprint density at radius 2 is 2.29 bits per heavy atom. The highest BCUT2D eigenvalue weighted by atomic mass is 79.9. The first-order valence-corrected chi connectivity index (χ1v) is 5.06. The van der Waals surface area contributed by atoms with Crippen LogP contribution in [0, 0.1) is 0 Å². The number of furan rings is 1. The second-order valence-electron chi connectivity index (χ2n) is 3.54. The molecule has 0 saturated heterocycles. The van der Waals surface area contributed by atoms with Crippen LogP contribution in [0.4, 0.5) is 0 Å². The van der Waals surface area contributed by atoms with Gasteiger partial charge >= 0.3 is 0 Å². The van der Waals surface area contributed by atoms with Gasteiger partial charge in [0.25, 0.3) is 0 Å². The van der Waals surface area contributed by atoms with Crippen molar-refractivity contribution >= 4 is 15.9 Å². The van der Waals surface area contributed by atoms with Crippen molar-refractivity contribution in [1.29, 1.82) is 0 Å². The summed E-state index contributed by atoms with van der Waals surface area (Å²) in [5.41, 5.74) is 2.25. The van der Waals surface area contributed by atoms with Crippen LogP contribution in [0.2, 0.25) is 0 Å². The van der Waals surface area contributed by atoms with Crippen molar-refractivity contribution in [3.05, 3.63) is 22.6 Å². The number of hydrogen-bond donors (Lipinski definition) is 2. The van der Waals surface area contributed by atoms with Crippen molar-refractivity contribution in [3.63, 3.8) is 0 Å². The zero-order valence-electron chi connectivity index (χ0n) is 8.50. The molecule has 1 atom stereocenters. The average molecular weight is 263 g/mol. The maximum absolute atomic E-state index is 5.48. The minimum absolute atomic E-state index is 0.197. The van der Waals surface area contributed by atoms with E-state index in [4.69, 9.17) is 15.0 Å². The molecular weight excluding hydrogens is 248 g/mol. The van der Waals surface area contributed by atoms with Gasteiger partial charge in [0.05, 0.1) is 16.3 Å². The van der Waals surface area contributed by atoms with Gasteiger partial charge in [-0.2, -0.15) is 0 Å². The molecule has 3 N–H and O–H groups in total. The molecule has 1 aromatic rings. The topological polar surface area (TPSA) is 60.4 Å². The Kier molecular flexibility index (Phi) is 3.71. The summed E-state index contributed by atoms with van der Waals surface area (Å²) < 4.78 is 11.6. The number of methoxy groups -OCH3 is 1. The largest absolute Gasteiger partial charge is 0.466 e. The lowest BCUT2D eigenvalue weighted by Crippen LogP contribution is -2.43. The molecule has 1 aromatic heterocycles. The molecule has 0 aromatic carbocycles. The van der Waals surface area contributed by atoms with Gasteiger partial charge in [-0.3, -0.25) is 5.84 Å². The van der Waals surface area contributed by atoms with Gasteiger partial charge in [-0.25, -0.2) is 5.43 Å². The Hall–Kier alpha value is -0.360. The van der Waals surface area contributed by atoms with Crippen molar-refractivity contribution in [1.82, 2.24) is 5.43 Å². The Balaban J connectivity index is 2.99. The Morgan fingerprint density at radius 1 is 1.64 bits per heavy atom. The maximum atomic E-state index is 5.48. The monoisotopic (exact) mass is 262 g/mol. The van der Waals surface area contributed by atoms with Crippen LogP contribution >= 0.6 is 15.9 Å². The molecule has 1 unspecified atom stereocenters. The highest BCUT2D eigenvalue weighted by Crippen LogP contribution is 2.32. The predicted octanol–water partition coefficient (Wildman–Crippen LogP) is 1.97. The molecule has 80 valence electrons. The van der Waals surface area contributed by atoms with Crippen molar-refractivity contribution < 1.29 is 9.15 Å². The van der Waals surface area contributed by atoms with E-state index in [1.807, 2.05) is 19.9 Å². The third-order valence-electron chi connectivity index (χ3n) is 2.29. The summed E-state index contributed by atoms with van der Waals surface area (Å²) in [6.07, 6.45) is 1.61. The molecule has 0 aliphatic heterocycles. The molecule has 0 fully saturated rings. The van der Waals surface area contributed by atoms with Gasteiger partial charge in [0, 0.05) is 7.11 Å². The Labute approximate surface area is 91.9 Å². The number of hydrazine groups is 1. The Morgan fingerprint density at radius 3 is 2.64 bits per heavy atom. The summed E-state index contributed by atoms with van der Waals surface area (Å²) in [7, 11) is 1.64. The number of nitrogens with one attached hydrogen (secondary N) is 1. The molecule has 0 amide bonds. The van der Waals surface area contributed by atoms with Crippen LogP contribution < -0.4 is 11.3 Å². The second-order valence-corrected chi connectivity index (χ2v) is 4.39. The number of hydrogen-bond acceptors (Lipinski definition) is 4. The van der Waals surface area contributed by atoms with Gasteiger partial charge in [0.15, 0.2) is 0 Å². The molecule has 0 aliphatic rings. The molecule has 14 heavy (non-hydrogen) atoms. The molecule has 1 heterocycles. The molecule has 5 heteroatoms. The first-order chi connectivity index (χ1) is 6.53. The maximum Gasteiger partial charge on any atom is 0.139 e. The highest BCUT2D eigenvalue weighted by Gasteiger charge is 2.33. The smallest absolute Gasteiger partial charge is 0.139 e. The van der Waals surface area contributed by atoms with Gasteiger partial charge in [-0.15, -0.1) is 0 Å². The zero-order valence-corrected chi connectivity index (χ0v) is 10.1. The van der Waals surface area contributed by atoms with Crippen molar-refractivity contribution in [2.75, 3.05) is 7.11 Å². The molecule has 0 aliphatic carbocycles. The molecule has 0 saturated carbocycles. The van der Waals surface area contributed by atoms with E-state index in [1.165, 1.54) is 0 Å². The number of rotatable bonds is 4. The number of nitrogens with two attached hydrogens (primary N) is 1. The molecule has 0 radical (unpaired) electrons. The van der Waals surface area contributed by atoms with Crippen LogP contribution in [0.25, 0.3) is 0 Å². The predicted molar refractivity (Wildman–Crippen MR) is 57.6 cm³/mol. The molecule has 4 nitrogen and oxygen atoms in total. The minimum Gasteiger partial charge on any atom is -0.466 e. The van der Waals surface area contributed by atoms with E-state index >= 15 is 0 Å². The molecule has 0 bridgehead atoms. The van der Waals surface area contributed by atoms with Crippen molar-refractivity contribution in [2.45, 2.75) is 25.5 Å². The minimum atomic E-state index is -0.435. The van der Waals surface area contributed by atoms with Crippen molar-refractivity contribution in [3.8, 4) is 0 Å². The third kappa shape index (κ3) is 2.17. The van der Waals surface area contributed by atoms with Crippen LogP contribution in [0.1, 0.15) is 25.6 Å². The first kappa shape index (κ1) is 11.7. The lowest BCUT2D eigenvalue weighted by molar-refractivity contribution is -0.0172. The lowest BCUT2D eigenvalue weighted by Gasteiger charge is -2.31. The second kappa shape index (κ2) is 4.44. The molecular formula is C9H15BrN2O2. The van der Waals surface area contributed by atoms with E-state index in [1.54, 1.807) is 13.4 Å². The summed E-state index contributed by atoms with van der Waals surface area (Å²) >= 11 is 3.38. The number of ether oxygens (including phenoxy) is 1. The summed E-state index contributed by atoms with van der Waals surface area (Å²) in [5, 5.41) is 0. The van der Waals surface area contributed by atoms with E-state index in [-0.39, 0.29) is 6.04 Å². The number of halogens is 1. The normalized spacial score (nSPS) is 14.4. The van der Waals surface area contributed by atoms with E-state index in [0.29, 0.717) is 0 Å². The van der Waals surface area contributed by atoms with Crippen LogP contribution in [-0.2, 0) is 4.74 Å². The quantitative estimate of drug-likeness (QED) is 0.644. The summed E-state index contributed by atoms with van der Waals surface area (Å²) in [6.45, 7) is 3.87. The van der Waals surface area contributed by atoms with E-state index in [0.717, 1.165) is 10.2 Å². The fraction of sp³-hybridized carbons (Fsp3) is 0.556. The van der Waals surface area contributed by atoms with Gasteiger partial charge in [0.2, 0.25) is 0 Å². The van der Waals surface area contributed by atoms with Crippen LogP contribution in [0.5, 0.6) is 0 Å². The van der Waals surface area contributed by atoms with Gasteiger partial charge in [0.1, 0.15) is 11.8 Å². The lowest BCUT2D eigenvalue weighted by atomic mass is 9.97. The van der Waals surface area contributed by atoms with E-state index in [2.05, 4.69) is 21.4 Å². The van der Waals surface area contributed by atoms with Gasteiger partial charge < -0.3 is 9.15 Å². The Bertz CT molecular complexity index is 299. The average Bonchev–Trinajstić information content (AvgIpc) is 2.53. The summed E-state index contributed by atoms with van der Waals surface area (Å²) in [5.74, 6) is 6.22. The molecule has 1 rings (SSSR count).